The Morgan fingerprint density at radius 3 is 2.86 bits per heavy atom. The Balaban J connectivity index is 1.83. The molecule has 22 heavy (non-hydrogen) atoms. The highest BCUT2D eigenvalue weighted by atomic mass is 35.5. The minimum Gasteiger partial charge on any atom is -0.495 e. The number of nitrogens with zero attached hydrogens (tertiary/aromatic N) is 4. The number of halogens is 1. The second kappa shape index (κ2) is 5.86. The molecule has 0 radical (unpaired) electrons. The van der Waals surface area contributed by atoms with Crippen molar-refractivity contribution >= 4 is 21.6 Å². The fraction of sp³-hybridized carbons (Fsp3) is 0.385. The zero-order valence-electron chi connectivity index (χ0n) is 11.9. The highest BCUT2D eigenvalue weighted by Gasteiger charge is 2.34. The van der Waals surface area contributed by atoms with Crippen molar-refractivity contribution in [2.45, 2.75) is 17.4 Å². The molecular weight excluding hydrogens is 328 g/mol. The van der Waals surface area contributed by atoms with E-state index in [1.807, 2.05) is 0 Å². The molecule has 1 aliphatic heterocycles. The van der Waals surface area contributed by atoms with Gasteiger partial charge in [-0.2, -0.15) is 4.31 Å². The molecule has 9 heteroatoms. The number of hydrogen-bond donors (Lipinski definition) is 0. The Labute approximate surface area is 133 Å². The Kier molecular flexibility index (Phi) is 4.07. The molecule has 1 aromatic heterocycles. The number of hydrogen-bond acceptors (Lipinski definition) is 5. The molecule has 2 aromatic rings. The molecule has 3 rings (SSSR count). The monoisotopic (exact) mass is 342 g/mol. The summed E-state index contributed by atoms with van der Waals surface area (Å²) in [6.45, 7) is 0.811. The van der Waals surface area contributed by atoms with Crippen molar-refractivity contribution in [3.8, 4) is 5.75 Å². The van der Waals surface area contributed by atoms with Crippen LogP contribution in [0.15, 0.2) is 35.5 Å². The summed E-state index contributed by atoms with van der Waals surface area (Å²) in [4.78, 5) is 0.164. The first-order chi connectivity index (χ1) is 10.5. The zero-order valence-corrected chi connectivity index (χ0v) is 13.5. The van der Waals surface area contributed by atoms with E-state index in [2.05, 4.69) is 10.3 Å². The number of sulfonamides is 1. The second-order valence-electron chi connectivity index (χ2n) is 4.98. The van der Waals surface area contributed by atoms with Gasteiger partial charge in [0.2, 0.25) is 10.0 Å². The van der Waals surface area contributed by atoms with E-state index < -0.39 is 10.0 Å². The molecular formula is C13H15ClN4O3S. The molecule has 0 spiro atoms. The van der Waals surface area contributed by atoms with E-state index in [0.717, 1.165) is 0 Å². The predicted octanol–water partition coefficient (Wildman–Crippen LogP) is 1.58. The molecule has 1 fully saturated rings. The van der Waals surface area contributed by atoms with Crippen molar-refractivity contribution in [3.63, 3.8) is 0 Å². The van der Waals surface area contributed by atoms with Gasteiger partial charge in [0.05, 0.1) is 29.3 Å². The smallest absolute Gasteiger partial charge is 0.243 e. The van der Waals surface area contributed by atoms with Crippen molar-refractivity contribution < 1.29 is 13.2 Å². The van der Waals surface area contributed by atoms with E-state index in [9.17, 15) is 8.42 Å². The Bertz CT molecular complexity index is 764. The average molecular weight is 343 g/mol. The van der Waals surface area contributed by atoms with Crippen LogP contribution in [0.3, 0.4) is 0 Å². The largest absolute Gasteiger partial charge is 0.495 e. The SMILES string of the molecule is COc1ccc(S(=O)(=O)N2CCC(n3ccnn3)C2)cc1Cl. The maximum absolute atomic E-state index is 12.7. The van der Waals surface area contributed by atoms with Gasteiger partial charge in [-0.05, 0) is 24.6 Å². The van der Waals surface area contributed by atoms with E-state index in [4.69, 9.17) is 16.3 Å². The summed E-state index contributed by atoms with van der Waals surface area (Å²) >= 11 is 6.02. The average Bonchev–Trinajstić information content (AvgIpc) is 3.18. The van der Waals surface area contributed by atoms with E-state index >= 15 is 0 Å². The lowest BCUT2D eigenvalue weighted by molar-refractivity contribution is 0.414. The molecule has 118 valence electrons. The van der Waals surface area contributed by atoms with Crippen LogP contribution in [0, 0.1) is 0 Å². The van der Waals surface area contributed by atoms with Crippen molar-refractivity contribution in [1.82, 2.24) is 19.3 Å². The van der Waals surface area contributed by atoms with Gasteiger partial charge in [0.15, 0.2) is 0 Å². The zero-order chi connectivity index (χ0) is 15.7. The minimum atomic E-state index is -3.58. The number of methoxy groups -OCH3 is 1. The van der Waals surface area contributed by atoms with Crippen LogP contribution in [0.25, 0.3) is 0 Å². The molecule has 7 nitrogen and oxygen atoms in total. The van der Waals surface area contributed by atoms with Crippen molar-refractivity contribution in [2.75, 3.05) is 20.2 Å². The molecule has 0 bridgehead atoms. The fourth-order valence-electron chi connectivity index (χ4n) is 2.51. The highest BCUT2D eigenvalue weighted by Crippen LogP contribution is 2.31. The van der Waals surface area contributed by atoms with Gasteiger partial charge in [-0.3, -0.25) is 0 Å². The molecule has 1 unspecified atom stereocenters. The molecule has 0 aliphatic carbocycles. The summed E-state index contributed by atoms with van der Waals surface area (Å²) < 4.78 is 33.5. The summed E-state index contributed by atoms with van der Waals surface area (Å²) in [5.41, 5.74) is 0. The third-order valence-corrected chi connectivity index (χ3v) is 5.86. The first-order valence-electron chi connectivity index (χ1n) is 6.72. The lowest BCUT2D eigenvalue weighted by Crippen LogP contribution is -2.29. The standard InChI is InChI=1S/C13H15ClN4O3S/c1-21-13-3-2-11(8-12(13)14)22(19,20)17-6-4-10(9-17)18-7-5-15-16-18/h2-3,5,7-8,10H,4,6,9H2,1H3. The summed E-state index contributed by atoms with van der Waals surface area (Å²) in [7, 11) is -2.09. The summed E-state index contributed by atoms with van der Waals surface area (Å²) in [6, 6.07) is 4.48. The van der Waals surface area contributed by atoms with Crippen LogP contribution in [-0.2, 0) is 10.0 Å². The van der Waals surface area contributed by atoms with Gasteiger partial charge in [0.1, 0.15) is 5.75 Å². The Morgan fingerprint density at radius 2 is 2.23 bits per heavy atom. The van der Waals surface area contributed by atoms with Crippen LogP contribution in [0.5, 0.6) is 5.75 Å². The lowest BCUT2D eigenvalue weighted by Gasteiger charge is -2.17. The summed E-state index contributed by atoms with van der Waals surface area (Å²) in [5, 5.41) is 7.96. The molecule has 2 heterocycles. The quantitative estimate of drug-likeness (QED) is 0.843. The molecule has 1 aromatic carbocycles. The van der Waals surface area contributed by atoms with E-state index in [-0.39, 0.29) is 16.0 Å². The molecule has 0 amide bonds. The molecule has 0 saturated carbocycles. The van der Waals surface area contributed by atoms with Gasteiger partial charge >= 0.3 is 0 Å². The first kappa shape index (κ1) is 15.3. The maximum Gasteiger partial charge on any atom is 0.243 e. The molecule has 1 saturated heterocycles. The van der Waals surface area contributed by atoms with Gasteiger partial charge in [0, 0.05) is 19.3 Å². The van der Waals surface area contributed by atoms with Crippen LogP contribution < -0.4 is 4.74 Å². The Hall–Kier alpha value is -1.64. The van der Waals surface area contributed by atoms with Crippen LogP contribution in [0.2, 0.25) is 5.02 Å². The van der Waals surface area contributed by atoms with Gasteiger partial charge in [-0.1, -0.05) is 16.8 Å². The van der Waals surface area contributed by atoms with E-state index in [1.165, 1.54) is 23.5 Å². The minimum absolute atomic E-state index is 0.00555. The van der Waals surface area contributed by atoms with Crippen molar-refractivity contribution in [2.24, 2.45) is 0 Å². The van der Waals surface area contributed by atoms with Crippen LogP contribution in [0.1, 0.15) is 12.5 Å². The Morgan fingerprint density at radius 1 is 1.41 bits per heavy atom. The molecule has 1 aliphatic rings. The maximum atomic E-state index is 12.7. The summed E-state index contributed by atoms with van der Waals surface area (Å²) in [5.74, 6) is 0.447. The third-order valence-electron chi connectivity index (χ3n) is 3.70. The van der Waals surface area contributed by atoms with E-state index in [0.29, 0.717) is 25.3 Å². The highest BCUT2D eigenvalue weighted by molar-refractivity contribution is 7.89. The van der Waals surface area contributed by atoms with Crippen LogP contribution >= 0.6 is 11.6 Å². The number of ether oxygens (including phenoxy) is 1. The number of benzene rings is 1. The number of aromatic nitrogens is 3. The molecule has 0 N–H and O–H groups in total. The normalized spacial score (nSPS) is 19.5. The van der Waals surface area contributed by atoms with Crippen molar-refractivity contribution in [1.29, 1.82) is 0 Å². The van der Waals surface area contributed by atoms with Gasteiger partial charge in [0.25, 0.3) is 0 Å². The van der Waals surface area contributed by atoms with Crippen LogP contribution in [-0.4, -0.2) is 47.9 Å². The van der Waals surface area contributed by atoms with Gasteiger partial charge in [-0.15, -0.1) is 5.10 Å². The van der Waals surface area contributed by atoms with Gasteiger partial charge < -0.3 is 4.74 Å². The van der Waals surface area contributed by atoms with Crippen LogP contribution in [0.4, 0.5) is 0 Å². The topological polar surface area (TPSA) is 77.3 Å². The lowest BCUT2D eigenvalue weighted by atomic mass is 10.3. The summed E-state index contributed by atoms with van der Waals surface area (Å²) in [6.07, 6.45) is 4.03. The second-order valence-corrected chi connectivity index (χ2v) is 7.33. The predicted molar refractivity (Wildman–Crippen MR) is 80.4 cm³/mol. The third kappa shape index (κ3) is 2.69. The first-order valence-corrected chi connectivity index (χ1v) is 8.53. The van der Waals surface area contributed by atoms with Crippen molar-refractivity contribution in [3.05, 3.63) is 35.6 Å². The number of rotatable bonds is 4. The molecule has 1 atom stereocenters. The van der Waals surface area contributed by atoms with Gasteiger partial charge in [-0.25, -0.2) is 13.1 Å². The fourth-order valence-corrected chi connectivity index (χ4v) is 4.36. The van der Waals surface area contributed by atoms with E-state index in [1.54, 1.807) is 23.1 Å².